The van der Waals surface area contributed by atoms with E-state index in [1.165, 1.54) is 0 Å². The number of hydrazone groups is 2. The first-order valence-corrected chi connectivity index (χ1v) is 13.2. The van der Waals surface area contributed by atoms with E-state index in [1.54, 1.807) is 0 Å². The Morgan fingerprint density at radius 2 is 1.15 bits per heavy atom. The molecule has 2 aromatic rings. The van der Waals surface area contributed by atoms with E-state index in [0.29, 0.717) is 0 Å². The fourth-order valence-corrected chi connectivity index (χ4v) is 16.3. The van der Waals surface area contributed by atoms with Crippen LogP contribution in [0.5, 0.6) is 0 Å². The van der Waals surface area contributed by atoms with Gasteiger partial charge in [-0.1, -0.05) is 0 Å². The predicted octanol–water partition coefficient (Wildman–Crippen LogP) is 5.05. The third-order valence-corrected chi connectivity index (χ3v) is 17.1. The van der Waals surface area contributed by atoms with Crippen LogP contribution in [0.4, 0.5) is 0 Å². The van der Waals surface area contributed by atoms with Crippen LogP contribution in [0, 0.1) is 0 Å². The van der Waals surface area contributed by atoms with Gasteiger partial charge in [-0.2, -0.15) is 0 Å². The van der Waals surface area contributed by atoms with Crippen molar-refractivity contribution in [2.24, 2.45) is 10.2 Å². The van der Waals surface area contributed by atoms with Crippen molar-refractivity contribution in [1.29, 1.82) is 0 Å². The molecule has 3 aliphatic heterocycles. The summed E-state index contributed by atoms with van der Waals surface area (Å²) in [5.41, 5.74) is 1.99. The van der Waals surface area contributed by atoms with Gasteiger partial charge in [-0.3, -0.25) is 0 Å². The van der Waals surface area contributed by atoms with Crippen molar-refractivity contribution in [1.82, 2.24) is 18.4 Å². The van der Waals surface area contributed by atoms with Gasteiger partial charge < -0.3 is 0 Å². The Morgan fingerprint density at radius 3 is 1.54 bits per heavy atom. The number of nitrogens with zero attached hydrogens (tertiary/aromatic N) is 6. The fourth-order valence-electron chi connectivity index (χ4n) is 3.57. The number of hydrogen-bond donors (Lipinski definition) is 0. The quantitative estimate of drug-likeness (QED) is 0.632. The standard InChI is InChI=1S/C16H16Cl2N6P2/c1-21-19-15(13-9-5-3-6-10-13)23-25(17)24-16(14-11-7-4-8-12-14)20-22(2)26(21,23,24)18/h3-12H,1-2H3. The normalized spacial score (nSPS) is 26.3. The van der Waals surface area contributed by atoms with E-state index in [1.807, 2.05) is 84.3 Å². The monoisotopic (exact) mass is 424 g/mol. The molecule has 1 fully saturated rings. The van der Waals surface area contributed by atoms with E-state index in [2.05, 4.69) is 8.88 Å². The number of benzene rings is 2. The molecule has 5 rings (SSSR count). The first kappa shape index (κ1) is 16.6. The molecule has 134 valence electrons. The topological polar surface area (TPSA) is 37.7 Å². The molecule has 3 heterocycles. The summed E-state index contributed by atoms with van der Waals surface area (Å²) in [7, 11) is 2.59. The summed E-state index contributed by atoms with van der Waals surface area (Å²) < 4.78 is 7.88. The SMILES string of the molecule is CN1N=C(c2ccccc2)N2P(Cl)N3C(c4ccccc4)=NN(C)P123Cl. The zero-order valence-corrected chi connectivity index (χ0v) is 17.4. The molecule has 0 unspecified atom stereocenters. The zero-order chi connectivity index (χ0) is 18.1. The van der Waals surface area contributed by atoms with Crippen molar-refractivity contribution in [3.8, 4) is 0 Å². The Labute approximate surface area is 162 Å². The van der Waals surface area contributed by atoms with E-state index in [4.69, 9.17) is 32.7 Å². The van der Waals surface area contributed by atoms with Gasteiger partial charge in [0.2, 0.25) is 0 Å². The molecule has 0 radical (unpaired) electrons. The molecule has 0 saturated carbocycles. The molecule has 1 saturated heterocycles. The second kappa shape index (κ2) is 5.24. The summed E-state index contributed by atoms with van der Waals surface area (Å²) in [5, 5.41) is 9.59. The molecule has 0 bridgehead atoms. The summed E-state index contributed by atoms with van der Waals surface area (Å²) in [6.07, 6.45) is 0. The maximum absolute atomic E-state index is 7.48. The van der Waals surface area contributed by atoms with Gasteiger partial charge in [0.05, 0.1) is 0 Å². The first-order valence-electron chi connectivity index (χ1n) is 8.05. The Morgan fingerprint density at radius 1 is 0.769 bits per heavy atom. The molecule has 0 aromatic heterocycles. The molecule has 3 aliphatic rings. The minimum atomic E-state index is -3.44. The Kier molecular flexibility index (Phi) is 3.34. The number of rotatable bonds is 2. The summed E-state index contributed by atoms with van der Waals surface area (Å²) in [6.45, 7) is -3.44. The molecule has 0 N–H and O–H groups in total. The Balaban J connectivity index is 1.64. The second-order valence-electron chi connectivity index (χ2n) is 6.22. The maximum atomic E-state index is 7.48. The fraction of sp³-hybridized carbons (Fsp3) is 0.125. The summed E-state index contributed by atoms with van der Waals surface area (Å²) >= 11 is 14.4. The van der Waals surface area contributed by atoms with Gasteiger partial charge in [-0.25, -0.2) is 0 Å². The van der Waals surface area contributed by atoms with Crippen molar-refractivity contribution in [3.05, 3.63) is 71.8 Å². The van der Waals surface area contributed by atoms with Gasteiger partial charge in [0.15, 0.2) is 0 Å². The second-order valence-corrected chi connectivity index (χ2v) is 14.5. The molecule has 0 amide bonds. The molecule has 10 heteroatoms. The van der Waals surface area contributed by atoms with Crippen LogP contribution in [0.15, 0.2) is 70.9 Å². The molecule has 1 spiro atoms. The zero-order valence-electron chi connectivity index (χ0n) is 14.1. The summed E-state index contributed by atoms with van der Waals surface area (Å²) in [5.74, 6) is 1.60. The molecular weight excluding hydrogens is 409 g/mol. The van der Waals surface area contributed by atoms with Gasteiger partial charge in [-0.15, -0.1) is 0 Å². The van der Waals surface area contributed by atoms with Crippen LogP contribution in [0.3, 0.4) is 0 Å². The van der Waals surface area contributed by atoms with Crippen molar-refractivity contribution < 1.29 is 0 Å². The molecule has 26 heavy (non-hydrogen) atoms. The van der Waals surface area contributed by atoms with Crippen molar-refractivity contribution in [2.45, 2.75) is 0 Å². The molecule has 0 aliphatic carbocycles. The van der Waals surface area contributed by atoms with Gasteiger partial charge in [-0.05, 0) is 0 Å². The third kappa shape index (κ3) is 1.67. The Bertz CT molecular complexity index is 878. The average molecular weight is 425 g/mol. The minimum absolute atomic E-state index is 0.800. The van der Waals surface area contributed by atoms with Crippen molar-refractivity contribution in [2.75, 3.05) is 14.1 Å². The van der Waals surface area contributed by atoms with Gasteiger partial charge in [0.1, 0.15) is 0 Å². The van der Waals surface area contributed by atoms with Gasteiger partial charge in [0, 0.05) is 0 Å². The summed E-state index contributed by atoms with van der Waals surface area (Å²) in [6, 6.07) is 20.0. The number of amidine groups is 2. The van der Waals surface area contributed by atoms with Crippen molar-refractivity contribution in [3.63, 3.8) is 0 Å². The van der Waals surface area contributed by atoms with Crippen LogP contribution >= 0.6 is 36.6 Å². The number of hydrogen-bond acceptors (Lipinski definition) is 6. The Hall–Kier alpha value is -1.58. The van der Waals surface area contributed by atoms with Crippen LogP contribution in [-0.2, 0) is 0 Å². The first-order chi connectivity index (χ1) is 12.5. The average Bonchev–Trinajstić information content (AvgIpc) is 3.01. The van der Waals surface area contributed by atoms with Gasteiger partial charge in [0.25, 0.3) is 0 Å². The third-order valence-electron chi connectivity index (χ3n) is 4.88. The van der Waals surface area contributed by atoms with E-state index in [9.17, 15) is 0 Å². The molecule has 0 atom stereocenters. The van der Waals surface area contributed by atoms with Crippen LogP contribution < -0.4 is 0 Å². The molecular formula is C16H16Cl2N6P2. The van der Waals surface area contributed by atoms with E-state index in [-0.39, 0.29) is 0 Å². The van der Waals surface area contributed by atoms with Gasteiger partial charge >= 0.3 is 163 Å². The van der Waals surface area contributed by atoms with E-state index in [0.717, 1.165) is 22.8 Å². The van der Waals surface area contributed by atoms with Crippen LogP contribution in [0.25, 0.3) is 0 Å². The van der Waals surface area contributed by atoms with Crippen LogP contribution in [-0.4, -0.2) is 44.2 Å². The predicted molar refractivity (Wildman–Crippen MR) is 111 cm³/mol. The summed E-state index contributed by atoms with van der Waals surface area (Å²) in [4.78, 5) is 0. The van der Waals surface area contributed by atoms with Crippen LogP contribution in [0.1, 0.15) is 11.1 Å². The van der Waals surface area contributed by atoms with E-state index < -0.39 is 14.1 Å². The van der Waals surface area contributed by atoms with Crippen molar-refractivity contribution >= 4 is 48.3 Å². The number of halogens is 2. The van der Waals surface area contributed by atoms with E-state index >= 15 is 0 Å². The van der Waals surface area contributed by atoms with Crippen LogP contribution in [0.2, 0.25) is 0 Å². The molecule has 2 aromatic carbocycles. The molecule has 6 nitrogen and oxygen atoms in total.